The second-order valence-electron chi connectivity index (χ2n) is 4.22. The van der Waals surface area contributed by atoms with Crippen LogP contribution in [0.15, 0.2) is 60.0 Å². The Hall–Kier alpha value is -1.51. The third kappa shape index (κ3) is 2.35. The van der Waals surface area contributed by atoms with Crippen molar-refractivity contribution in [2.45, 2.75) is 6.92 Å². The summed E-state index contributed by atoms with van der Waals surface area (Å²) in [4.78, 5) is 1.34. The van der Waals surface area contributed by atoms with Gasteiger partial charge in [-0.25, -0.2) is 0 Å². The van der Waals surface area contributed by atoms with Crippen molar-refractivity contribution in [1.82, 2.24) is 0 Å². The van der Waals surface area contributed by atoms with Crippen LogP contribution in [0.4, 0.5) is 0 Å². The van der Waals surface area contributed by atoms with Gasteiger partial charge < -0.3 is 0 Å². The van der Waals surface area contributed by atoms with Gasteiger partial charge in [-0.2, -0.15) is 0 Å². The van der Waals surface area contributed by atoms with Crippen molar-refractivity contribution in [3.8, 4) is 20.2 Å². The minimum atomic E-state index is 1.30. The molecule has 2 aromatic carbocycles. The molecule has 1 heterocycles. The first-order valence-corrected chi connectivity index (χ1v) is 7.56. The number of rotatable bonds is 2. The first kappa shape index (κ1) is 11.6. The topological polar surface area (TPSA) is 0 Å². The van der Waals surface area contributed by atoms with E-state index in [4.69, 9.17) is 0 Å². The first-order valence-electron chi connectivity index (χ1n) is 5.87. The second kappa shape index (κ2) is 5.01. The lowest BCUT2D eigenvalue weighted by molar-refractivity contribution is 1.48. The third-order valence-corrected chi connectivity index (χ3v) is 5.31. The predicted octanol–water partition coefficient (Wildman–Crippen LogP) is 5.73. The van der Waals surface area contributed by atoms with Crippen LogP contribution in [0.5, 0.6) is 0 Å². The van der Waals surface area contributed by atoms with E-state index in [9.17, 15) is 0 Å². The maximum absolute atomic E-state index is 2.25. The van der Waals surface area contributed by atoms with Crippen molar-refractivity contribution in [3.63, 3.8) is 0 Å². The van der Waals surface area contributed by atoms with Crippen LogP contribution in [0, 0.1) is 6.92 Å². The van der Waals surface area contributed by atoms with Crippen molar-refractivity contribution in [2.75, 3.05) is 0 Å². The number of benzene rings is 2. The number of hydrogen-bond acceptors (Lipinski definition) is 1. The fourth-order valence-corrected chi connectivity index (χ4v) is 4.07. The highest BCUT2D eigenvalue weighted by Gasteiger charge is 2.16. The van der Waals surface area contributed by atoms with Crippen LogP contribution in [0.2, 0.25) is 0 Å². The van der Waals surface area contributed by atoms with Crippen molar-refractivity contribution in [3.05, 3.63) is 65.5 Å². The molecule has 0 saturated carbocycles. The second-order valence-corrected chi connectivity index (χ2v) is 6.41. The zero-order valence-electron chi connectivity index (χ0n) is 10.1. The molecule has 0 nitrogen and oxygen atoms in total. The zero-order valence-corrected chi connectivity index (χ0v) is 11.7. The molecular weight excluding hydrogens is 256 g/mol. The van der Waals surface area contributed by atoms with E-state index in [1.54, 1.807) is 0 Å². The van der Waals surface area contributed by atoms with E-state index in [0.717, 1.165) is 0 Å². The molecule has 0 N–H and O–H groups in total. The Balaban J connectivity index is 1.97. The van der Waals surface area contributed by atoms with E-state index in [2.05, 4.69) is 66.9 Å². The van der Waals surface area contributed by atoms with Gasteiger partial charge in [-0.1, -0.05) is 48.0 Å². The molecule has 88 valence electrons. The lowest BCUT2D eigenvalue weighted by atomic mass is 10.2. The molecule has 1 aromatic heterocycles. The van der Waals surface area contributed by atoms with Crippen LogP contribution in [-0.4, -0.2) is 0 Å². The van der Waals surface area contributed by atoms with Crippen LogP contribution < -0.4 is 0 Å². The molecule has 0 aliphatic rings. The molecule has 0 fully saturated rings. The largest absolute Gasteiger partial charge is 0.285 e. The van der Waals surface area contributed by atoms with Crippen molar-refractivity contribution in [1.29, 1.82) is 0 Å². The van der Waals surface area contributed by atoms with Gasteiger partial charge in [0, 0.05) is 11.1 Å². The average Bonchev–Trinajstić information content (AvgIpc) is 2.90. The SMILES string of the molecule is Cc1ccc(-c2sc(-c3ccccc3)c[s+]2)cc1. The lowest BCUT2D eigenvalue weighted by Gasteiger charge is -1.91. The van der Waals surface area contributed by atoms with E-state index >= 15 is 0 Å². The van der Waals surface area contributed by atoms with E-state index in [1.165, 1.54) is 25.8 Å². The summed E-state index contributed by atoms with van der Waals surface area (Å²) in [5, 5.41) is 2.25. The standard InChI is InChI=1S/C16H13S2/c1-12-7-9-14(10-8-12)16-17-11-15(18-16)13-5-3-2-4-6-13/h2-11H,1H3/q+1. The molecule has 3 rings (SSSR count). The molecule has 0 bridgehead atoms. The van der Waals surface area contributed by atoms with E-state index < -0.39 is 0 Å². The molecule has 0 saturated heterocycles. The average molecular weight is 269 g/mol. The van der Waals surface area contributed by atoms with Gasteiger partial charge in [0.2, 0.25) is 0 Å². The van der Waals surface area contributed by atoms with Gasteiger partial charge in [-0.05, 0) is 19.1 Å². The summed E-state index contributed by atoms with van der Waals surface area (Å²) in [6.45, 7) is 2.12. The minimum Gasteiger partial charge on any atom is -0.0622 e. The fraction of sp³-hybridized carbons (Fsp3) is 0.0625. The summed E-state index contributed by atoms with van der Waals surface area (Å²) in [5.41, 5.74) is 3.93. The summed E-state index contributed by atoms with van der Waals surface area (Å²) in [5.74, 6) is 0. The Morgan fingerprint density at radius 2 is 1.56 bits per heavy atom. The van der Waals surface area contributed by atoms with Gasteiger partial charge in [0.1, 0.15) is 5.38 Å². The van der Waals surface area contributed by atoms with Crippen LogP contribution in [0.1, 0.15) is 5.56 Å². The van der Waals surface area contributed by atoms with Crippen LogP contribution in [0.25, 0.3) is 20.2 Å². The number of aryl methyl sites for hydroxylation is 1. The maximum Gasteiger partial charge on any atom is 0.285 e. The molecule has 0 spiro atoms. The van der Waals surface area contributed by atoms with E-state index in [-0.39, 0.29) is 0 Å². The highest BCUT2D eigenvalue weighted by atomic mass is 32.2. The van der Waals surface area contributed by atoms with Crippen molar-refractivity contribution >= 4 is 22.7 Å². The Bertz CT molecular complexity index is 636. The maximum atomic E-state index is 2.25. The molecule has 18 heavy (non-hydrogen) atoms. The molecular formula is C16H13S2+. The molecule has 0 atom stereocenters. The molecule has 0 aliphatic heterocycles. The molecule has 3 aromatic rings. The Labute approximate surface area is 115 Å². The van der Waals surface area contributed by atoms with Crippen LogP contribution in [0.3, 0.4) is 0 Å². The minimum absolute atomic E-state index is 1.30. The summed E-state index contributed by atoms with van der Waals surface area (Å²) >= 11 is 3.69. The van der Waals surface area contributed by atoms with E-state index in [0.29, 0.717) is 0 Å². The molecule has 2 heteroatoms. The Morgan fingerprint density at radius 3 is 2.28 bits per heavy atom. The Morgan fingerprint density at radius 1 is 0.833 bits per heavy atom. The quantitative estimate of drug-likeness (QED) is 0.521. The van der Waals surface area contributed by atoms with Gasteiger partial charge in [0.05, 0.1) is 22.7 Å². The van der Waals surface area contributed by atoms with E-state index in [1.807, 2.05) is 22.7 Å². The third-order valence-electron chi connectivity index (χ3n) is 2.82. The fourth-order valence-electron chi connectivity index (χ4n) is 1.80. The number of hydrogen-bond donors (Lipinski definition) is 0. The molecule has 0 radical (unpaired) electrons. The summed E-state index contributed by atoms with van der Waals surface area (Å²) < 4.78 is 1.37. The lowest BCUT2D eigenvalue weighted by Crippen LogP contribution is -1.72. The highest BCUT2D eigenvalue weighted by Crippen LogP contribution is 2.38. The van der Waals surface area contributed by atoms with Gasteiger partial charge in [-0.15, -0.1) is 0 Å². The molecule has 0 amide bonds. The van der Waals surface area contributed by atoms with Crippen LogP contribution >= 0.6 is 22.7 Å². The van der Waals surface area contributed by atoms with Gasteiger partial charge in [0.25, 0.3) is 4.19 Å². The van der Waals surface area contributed by atoms with Crippen molar-refractivity contribution in [2.24, 2.45) is 0 Å². The predicted molar refractivity (Wildman–Crippen MR) is 82.2 cm³/mol. The van der Waals surface area contributed by atoms with Crippen LogP contribution in [-0.2, 0) is 0 Å². The van der Waals surface area contributed by atoms with Crippen molar-refractivity contribution < 1.29 is 0 Å². The van der Waals surface area contributed by atoms with Gasteiger partial charge in [-0.3, -0.25) is 0 Å². The Kier molecular flexibility index (Phi) is 3.22. The first-order chi connectivity index (χ1) is 8.83. The smallest absolute Gasteiger partial charge is 0.0622 e. The highest BCUT2D eigenvalue weighted by molar-refractivity contribution is 7.37. The summed E-state index contributed by atoms with van der Waals surface area (Å²) in [7, 11) is 0. The summed E-state index contributed by atoms with van der Waals surface area (Å²) in [6, 6.07) is 19.3. The van der Waals surface area contributed by atoms with Gasteiger partial charge >= 0.3 is 0 Å². The zero-order chi connectivity index (χ0) is 12.4. The molecule has 0 unspecified atom stereocenters. The summed E-state index contributed by atoms with van der Waals surface area (Å²) in [6.07, 6.45) is 0. The van der Waals surface area contributed by atoms with Gasteiger partial charge in [0.15, 0.2) is 4.88 Å². The monoisotopic (exact) mass is 269 g/mol. The normalized spacial score (nSPS) is 10.5. The molecule has 0 aliphatic carbocycles.